The van der Waals surface area contributed by atoms with Gasteiger partial charge in [0.2, 0.25) is 10.0 Å². The summed E-state index contributed by atoms with van der Waals surface area (Å²) in [4.78, 5) is 11.1. The Kier molecular flexibility index (Phi) is 5.63. The number of hydrogen-bond acceptors (Lipinski definition) is 5. The van der Waals surface area contributed by atoms with E-state index in [1.165, 1.54) is 30.9 Å². The van der Waals surface area contributed by atoms with Gasteiger partial charge in [-0.2, -0.15) is 0 Å². The van der Waals surface area contributed by atoms with Crippen molar-refractivity contribution in [2.24, 2.45) is 0 Å². The number of nitro groups is 1. The minimum atomic E-state index is -3.71. The Morgan fingerprint density at radius 3 is 2.50 bits per heavy atom. The highest BCUT2D eigenvalue weighted by Crippen LogP contribution is 2.34. The van der Waals surface area contributed by atoms with Crippen LogP contribution < -0.4 is 4.72 Å². The molecular formula is C16H18N2O4S2. The van der Waals surface area contributed by atoms with E-state index in [0.29, 0.717) is 10.6 Å². The minimum absolute atomic E-state index is 0.118. The van der Waals surface area contributed by atoms with Crippen LogP contribution in [0.3, 0.4) is 0 Å². The van der Waals surface area contributed by atoms with Crippen molar-refractivity contribution in [3.05, 3.63) is 63.2 Å². The van der Waals surface area contributed by atoms with Gasteiger partial charge < -0.3 is 0 Å². The third-order valence-electron chi connectivity index (χ3n) is 3.59. The molecule has 0 saturated carbocycles. The second-order valence-electron chi connectivity index (χ2n) is 5.31. The quantitative estimate of drug-likeness (QED) is 0.481. The van der Waals surface area contributed by atoms with Crippen molar-refractivity contribution < 1.29 is 13.3 Å². The predicted octanol–water partition coefficient (Wildman–Crippen LogP) is 3.41. The summed E-state index contributed by atoms with van der Waals surface area (Å²) in [6.45, 7) is 3.99. The molecule has 0 spiro atoms. The van der Waals surface area contributed by atoms with Crippen LogP contribution in [0.2, 0.25) is 0 Å². The lowest BCUT2D eigenvalue weighted by Crippen LogP contribution is -2.18. The van der Waals surface area contributed by atoms with Crippen molar-refractivity contribution in [2.45, 2.75) is 29.4 Å². The van der Waals surface area contributed by atoms with Crippen molar-refractivity contribution in [2.75, 3.05) is 7.05 Å². The minimum Gasteiger partial charge on any atom is -0.258 e. The molecule has 0 fully saturated rings. The normalized spacial score (nSPS) is 11.5. The topological polar surface area (TPSA) is 89.3 Å². The molecule has 2 aromatic carbocycles. The van der Waals surface area contributed by atoms with Gasteiger partial charge in [0.25, 0.3) is 5.69 Å². The first-order chi connectivity index (χ1) is 11.2. The smallest absolute Gasteiger partial charge is 0.258 e. The van der Waals surface area contributed by atoms with Gasteiger partial charge in [-0.15, -0.1) is 11.8 Å². The van der Waals surface area contributed by atoms with Crippen LogP contribution in [-0.4, -0.2) is 20.4 Å². The Balaban J connectivity index is 2.33. The number of rotatable bonds is 6. The predicted molar refractivity (Wildman–Crippen MR) is 94.8 cm³/mol. The summed E-state index contributed by atoms with van der Waals surface area (Å²) in [5, 5.41) is 11.3. The summed E-state index contributed by atoms with van der Waals surface area (Å²) in [6.07, 6.45) is 0. The van der Waals surface area contributed by atoms with Crippen LogP contribution in [-0.2, 0) is 15.8 Å². The van der Waals surface area contributed by atoms with Crippen LogP contribution in [0.25, 0.3) is 0 Å². The molecule has 0 heterocycles. The Morgan fingerprint density at radius 2 is 1.88 bits per heavy atom. The zero-order chi connectivity index (χ0) is 17.9. The molecule has 128 valence electrons. The summed E-state index contributed by atoms with van der Waals surface area (Å²) >= 11 is 1.32. The molecule has 0 aliphatic heterocycles. The van der Waals surface area contributed by atoms with Crippen LogP contribution >= 0.6 is 11.8 Å². The van der Waals surface area contributed by atoms with Crippen molar-refractivity contribution in [1.82, 2.24) is 4.72 Å². The number of aryl methyl sites for hydroxylation is 2. The standard InChI is InChI=1S/C16H18N2O4S2/c1-11-4-5-12(2)13(8-11)10-23-16-7-6-14(24(21,22)17-3)9-15(16)18(19)20/h4-9,17H,10H2,1-3H3. The van der Waals surface area contributed by atoms with Gasteiger partial charge in [0.1, 0.15) is 0 Å². The van der Waals surface area contributed by atoms with Gasteiger partial charge in [0, 0.05) is 11.8 Å². The van der Waals surface area contributed by atoms with Gasteiger partial charge in [-0.25, -0.2) is 13.1 Å². The van der Waals surface area contributed by atoms with E-state index < -0.39 is 14.9 Å². The lowest BCUT2D eigenvalue weighted by molar-refractivity contribution is -0.388. The molecule has 0 aliphatic carbocycles. The zero-order valence-electron chi connectivity index (χ0n) is 13.6. The summed E-state index contributed by atoms with van der Waals surface area (Å²) in [5.74, 6) is 0.576. The molecule has 0 saturated heterocycles. The molecule has 8 heteroatoms. The molecule has 2 aromatic rings. The second-order valence-corrected chi connectivity index (χ2v) is 8.22. The first kappa shape index (κ1) is 18.4. The van der Waals surface area contributed by atoms with Crippen LogP contribution in [0.15, 0.2) is 46.2 Å². The molecule has 0 bridgehead atoms. The van der Waals surface area contributed by atoms with Gasteiger partial charge >= 0.3 is 0 Å². The maximum atomic E-state index is 11.8. The molecule has 0 unspecified atom stereocenters. The van der Waals surface area contributed by atoms with Crippen molar-refractivity contribution in [1.29, 1.82) is 0 Å². The monoisotopic (exact) mass is 366 g/mol. The molecule has 6 nitrogen and oxygen atoms in total. The van der Waals surface area contributed by atoms with E-state index >= 15 is 0 Å². The Bertz CT molecular complexity index is 880. The lowest BCUT2D eigenvalue weighted by atomic mass is 10.1. The largest absolute Gasteiger partial charge is 0.284 e. The fraction of sp³-hybridized carbons (Fsp3) is 0.250. The van der Waals surface area contributed by atoms with E-state index in [-0.39, 0.29) is 10.6 Å². The zero-order valence-corrected chi connectivity index (χ0v) is 15.2. The Labute approximate surface area is 145 Å². The van der Waals surface area contributed by atoms with Crippen LogP contribution in [0.4, 0.5) is 5.69 Å². The summed E-state index contributed by atoms with van der Waals surface area (Å²) in [6, 6.07) is 10.0. The van der Waals surface area contributed by atoms with Gasteiger partial charge in [0.15, 0.2) is 0 Å². The molecule has 1 N–H and O–H groups in total. The first-order valence-electron chi connectivity index (χ1n) is 7.15. The third-order valence-corrected chi connectivity index (χ3v) is 6.12. The molecule has 24 heavy (non-hydrogen) atoms. The van der Waals surface area contributed by atoms with Gasteiger partial charge in [-0.05, 0) is 44.2 Å². The Hall–Kier alpha value is -1.90. The summed E-state index contributed by atoms with van der Waals surface area (Å²) < 4.78 is 25.8. The number of nitrogens with zero attached hydrogens (tertiary/aromatic N) is 1. The highest BCUT2D eigenvalue weighted by Gasteiger charge is 2.20. The third kappa shape index (κ3) is 4.14. The second kappa shape index (κ2) is 7.33. The van der Waals surface area contributed by atoms with Gasteiger partial charge in [-0.3, -0.25) is 10.1 Å². The number of thioether (sulfide) groups is 1. The number of sulfonamides is 1. The van der Waals surface area contributed by atoms with E-state index in [1.807, 2.05) is 32.0 Å². The molecule has 0 aliphatic rings. The SMILES string of the molecule is CNS(=O)(=O)c1ccc(SCc2cc(C)ccc2C)c([N+](=O)[O-])c1. The fourth-order valence-electron chi connectivity index (χ4n) is 2.16. The average molecular weight is 366 g/mol. The molecule has 0 atom stereocenters. The van der Waals surface area contributed by atoms with Crippen molar-refractivity contribution in [3.63, 3.8) is 0 Å². The first-order valence-corrected chi connectivity index (χ1v) is 9.62. The number of nitro benzene ring substituents is 1. The van der Waals surface area contributed by atoms with E-state index in [9.17, 15) is 18.5 Å². The Morgan fingerprint density at radius 1 is 1.17 bits per heavy atom. The van der Waals surface area contributed by atoms with Crippen molar-refractivity contribution >= 4 is 27.5 Å². The molecule has 0 radical (unpaired) electrons. The molecular weight excluding hydrogens is 348 g/mol. The van der Waals surface area contributed by atoms with Crippen LogP contribution in [0.1, 0.15) is 16.7 Å². The van der Waals surface area contributed by atoms with Gasteiger partial charge in [0.05, 0.1) is 14.7 Å². The maximum Gasteiger partial charge on any atom is 0.284 e. The van der Waals surface area contributed by atoms with E-state index in [1.54, 1.807) is 0 Å². The highest BCUT2D eigenvalue weighted by molar-refractivity contribution is 7.98. The summed E-state index contributed by atoms with van der Waals surface area (Å²) in [5.41, 5.74) is 3.13. The summed E-state index contributed by atoms with van der Waals surface area (Å²) in [7, 11) is -2.45. The fourth-order valence-corrected chi connectivity index (χ4v) is 3.98. The maximum absolute atomic E-state index is 11.8. The van der Waals surface area contributed by atoms with Crippen LogP contribution in [0, 0.1) is 24.0 Å². The highest BCUT2D eigenvalue weighted by atomic mass is 32.2. The molecule has 2 rings (SSSR count). The average Bonchev–Trinajstić information content (AvgIpc) is 2.55. The number of nitrogens with one attached hydrogen (secondary N) is 1. The van der Waals surface area contributed by atoms with E-state index in [0.717, 1.165) is 22.8 Å². The van der Waals surface area contributed by atoms with Gasteiger partial charge in [-0.1, -0.05) is 23.8 Å². The lowest BCUT2D eigenvalue weighted by Gasteiger charge is -2.09. The van der Waals surface area contributed by atoms with E-state index in [4.69, 9.17) is 0 Å². The molecule has 0 aromatic heterocycles. The number of hydrogen-bond donors (Lipinski definition) is 1. The molecule has 0 amide bonds. The van der Waals surface area contributed by atoms with E-state index in [2.05, 4.69) is 4.72 Å². The van der Waals surface area contributed by atoms with Crippen molar-refractivity contribution in [3.8, 4) is 0 Å². The van der Waals surface area contributed by atoms with Crippen LogP contribution in [0.5, 0.6) is 0 Å². The number of benzene rings is 2.